The Morgan fingerprint density at radius 3 is 2.38 bits per heavy atom. The van der Waals surface area contributed by atoms with Crippen molar-refractivity contribution in [3.8, 4) is 0 Å². The number of benzene rings is 2. The largest absolute Gasteiger partial charge is 0.449 e. The molecule has 32 heavy (non-hydrogen) atoms. The van der Waals surface area contributed by atoms with Gasteiger partial charge in [0.05, 0.1) is 16.1 Å². The van der Waals surface area contributed by atoms with Crippen molar-refractivity contribution in [2.24, 2.45) is 0 Å². The van der Waals surface area contributed by atoms with Crippen molar-refractivity contribution in [2.75, 3.05) is 37.4 Å². The third-order valence-electron chi connectivity index (χ3n) is 5.47. The molecule has 1 heterocycles. The van der Waals surface area contributed by atoms with Gasteiger partial charge in [-0.1, -0.05) is 18.2 Å². The number of amides is 1. The van der Waals surface area contributed by atoms with E-state index < -0.39 is 28.0 Å². The van der Waals surface area contributed by atoms with Gasteiger partial charge in [-0.3, -0.25) is 4.79 Å². The van der Waals surface area contributed by atoms with E-state index >= 15 is 0 Å². The summed E-state index contributed by atoms with van der Waals surface area (Å²) >= 11 is 0. The lowest BCUT2D eigenvalue weighted by Gasteiger charge is -2.23. The SMILES string of the molecule is Cc1ccccc1NC(=O)[C@H](C)OC(=O)c1cc(S(=O)(=O)N(C)C)ccc1N1CCCC1. The normalized spacial score (nSPS) is 15.0. The van der Waals surface area contributed by atoms with Gasteiger partial charge < -0.3 is 15.0 Å². The number of carbonyl (C=O) groups is 2. The zero-order valence-electron chi connectivity index (χ0n) is 18.8. The molecule has 0 aliphatic carbocycles. The number of anilines is 2. The fourth-order valence-corrected chi connectivity index (χ4v) is 4.44. The molecule has 0 saturated carbocycles. The van der Waals surface area contributed by atoms with Crippen LogP contribution in [0.15, 0.2) is 47.4 Å². The number of para-hydroxylation sites is 1. The fourth-order valence-electron chi connectivity index (χ4n) is 3.51. The summed E-state index contributed by atoms with van der Waals surface area (Å²) < 4.78 is 31.7. The van der Waals surface area contributed by atoms with Crippen LogP contribution in [0.3, 0.4) is 0 Å². The number of sulfonamides is 1. The van der Waals surface area contributed by atoms with Gasteiger partial charge in [-0.15, -0.1) is 0 Å². The fraction of sp³-hybridized carbons (Fsp3) is 0.391. The molecule has 1 atom stereocenters. The summed E-state index contributed by atoms with van der Waals surface area (Å²) in [7, 11) is -0.875. The summed E-state index contributed by atoms with van der Waals surface area (Å²) in [5.74, 6) is -1.21. The van der Waals surface area contributed by atoms with E-state index in [0.29, 0.717) is 11.4 Å². The van der Waals surface area contributed by atoms with Crippen LogP contribution in [0, 0.1) is 6.92 Å². The first kappa shape index (κ1) is 23.7. The van der Waals surface area contributed by atoms with Crippen LogP contribution >= 0.6 is 0 Å². The van der Waals surface area contributed by atoms with Crippen molar-refractivity contribution in [1.82, 2.24) is 4.31 Å². The quantitative estimate of drug-likeness (QED) is 0.640. The molecule has 0 unspecified atom stereocenters. The zero-order valence-corrected chi connectivity index (χ0v) is 19.6. The van der Waals surface area contributed by atoms with E-state index in [9.17, 15) is 18.0 Å². The van der Waals surface area contributed by atoms with Crippen molar-refractivity contribution in [1.29, 1.82) is 0 Å². The maximum absolute atomic E-state index is 13.1. The number of carbonyl (C=O) groups excluding carboxylic acids is 2. The van der Waals surface area contributed by atoms with Crippen LogP contribution < -0.4 is 10.2 Å². The minimum absolute atomic E-state index is 0.00517. The molecule has 0 bridgehead atoms. The molecule has 3 rings (SSSR count). The van der Waals surface area contributed by atoms with Gasteiger partial charge in [0, 0.05) is 32.9 Å². The Labute approximate surface area is 189 Å². The van der Waals surface area contributed by atoms with E-state index in [0.717, 1.165) is 35.8 Å². The van der Waals surface area contributed by atoms with Crippen molar-refractivity contribution in [3.05, 3.63) is 53.6 Å². The first-order valence-electron chi connectivity index (χ1n) is 10.5. The van der Waals surface area contributed by atoms with Crippen LogP contribution in [0.5, 0.6) is 0 Å². The lowest BCUT2D eigenvalue weighted by atomic mass is 10.1. The number of hydrogen-bond acceptors (Lipinski definition) is 6. The summed E-state index contributed by atoms with van der Waals surface area (Å²) in [5, 5.41) is 2.76. The lowest BCUT2D eigenvalue weighted by Crippen LogP contribution is -2.31. The molecule has 1 fully saturated rings. The molecule has 0 aromatic heterocycles. The molecule has 0 radical (unpaired) electrons. The van der Waals surface area contributed by atoms with Gasteiger partial charge in [-0.2, -0.15) is 0 Å². The van der Waals surface area contributed by atoms with Crippen molar-refractivity contribution in [3.63, 3.8) is 0 Å². The highest BCUT2D eigenvalue weighted by atomic mass is 32.2. The molecular formula is C23H29N3O5S. The highest BCUT2D eigenvalue weighted by molar-refractivity contribution is 7.89. The van der Waals surface area contributed by atoms with Gasteiger partial charge in [0.25, 0.3) is 5.91 Å². The van der Waals surface area contributed by atoms with Crippen LogP contribution in [-0.2, 0) is 19.6 Å². The minimum Gasteiger partial charge on any atom is -0.449 e. The third kappa shape index (κ3) is 5.11. The number of nitrogens with one attached hydrogen (secondary N) is 1. The Balaban J connectivity index is 1.86. The molecule has 2 aromatic rings. The van der Waals surface area contributed by atoms with Gasteiger partial charge in [-0.25, -0.2) is 17.5 Å². The number of esters is 1. The molecule has 1 aliphatic rings. The molecule has 1 saturated heterocycles. The second-order valence-electron chi connectivity index (χ2n) is 8.01. The maximum atomic E-state index is 13.1. The Morgan fingerprint density at radius 2 is 1.75 bits per heavy atom. The van der Waals surface area contributed by atoms with E-state index in [-0.39, 0.29) is 10.5 Å². The molecule has 2 aromatic carbocycles. The number of hydrogen-bond donors (Lipinski definition) is 1. The van der Waals surface area contributed by atoms with Gasteiger partial charge >= 0.3 is 5.97 Å². The average Bonchev–Trinajstić information content (AvgIpc) is 3.29. The number of rotatable bonds is 7. The molecule has 1 amide bonds. The van der Waals surface area contributed by atoms with E-state index in [1.807, 2.05) is 24.0 Å². The molecular weight excluding hydrogens is 430 g/mol. The molecule has 172 valence electrons. The van der Waals surface area contributed by atoms with Gasteiger partial charge in [0.15, 0.2) is 6.10 Å². The van der Waals surface area contributed by atoms with Gasteiger partial charge in [0.1, 0.15) is 0 Å². The summed E-state index contributed by atoms with van der Waals surface area (Å²) in [5.41, 5.74) is 2.26. The second-order valence-corrected chi connectivity index (χ2v) is 10.2. The van der Waals surface area contributed by atoms with E-state index in [2.05, 4.69) is 5.32 Å². The summed E-state index contributed by atoms with van der Waals surface area (Å²) in [6, 6.07) is 11.8. The number of ether oxygens (including phenoxy) is 1. The van der Waals surface area contributed by atoms with Crippen molar-refractivity contribution >= 4 is 33.3 Å². The van der Waals surface area contributed by atoms with E-state index in [1.165, 1.54) is 33.2 Å². The standard InChI is InChI=1S/C23H29N3O5S/c1-16-9-5-6-10-20(16)24-22(27)17(2)31-23(28)19-15-18(32(29,30)25(3)4)11-12-21(19)26-13-7-8-14-26/h5-6,9-12,15,17H,7-8,13-14H2,1-4H3,(H,24,27)/t17-/m0/s1. The summed E-state index contributed by atoms with van der Waals surface area (Å²) in [4.78, 5) is 27.7. The first-order chi connectivity index (χ1) is 15.1. The van der Waals surface area contributed by atoms with E-state index in [1.54, 1.807) is 18.2 Å². The Bertz CT molecular complexity index is 1110. The topological polar surface area (TPSA) is 96.0 Å². The number of nitrogens with zero attached hydrogens (tertiary/aromatic N) is 2. The van der Waals surface area contributed by atoms with Crippen LogP contribution in [-0.4, -0.2) is 57.9 Å². The molecule has 9 heteroatoms. The zero-order chi connectivity index (χ0) is 23.5. The highest BCUT2D eigenvalue weighted by Crippen LogP contribution is 2.29. The van der Waals surface area contributed by atoms with Gasteiger partial charge in [0.2, 0.25) is 10.0 Å². The lowest BCUT2D eigenvalue weighted by molar-refractivity contribution is -0.123. The number of aryl methyl sites for hydroxylation is 1. The van der Waals surface area contributed by atoms with Crippen LogP contribution in [0.25, 0.3) is 0 Å². The Morgan fingerprint density at radius 1 is 1.09 bits per heavy atom. The summed E-state index contributed by atoms with van der Waals surface area (Å²) in [6.07, 6.45) is 0.908. The Hall–Kier alpha value is -2.91. The van der Waals surface area contributed by atoms with Crippen LogP contribution in [0.1, 0.15) is 35.7 Å². The second kappa shape index (κ2) is 9.70. The minimum atomic E-state index is -3.74. The van der Waals surface area contributed by atoms with Crippen LogP contribution in [0.4, 0.5) is 11.4 Å². The molecule has 1 aliphatic heterocycles. The van der Waals surface area contributed by atoms with Crippen molar-refractivity contribution in [2.45, 2.75) is 37.7 Å². The van der Waals surface area contributed by atoms with Crippen molar-refractivity contribution < 1.29 is 22.7 Å². The summed E-state index contributed by atoms with van der Waals surface area (Å²) in [6.45, 7) is 4.89. The predicted octanol–water partition coefficient (Wildman–Crippen LogP) is 3.03. The predicted molar refractivity (Wildman–Crippen MR) is 123 cm³/mol. The molecule has 8 nitrogen and oxygen atoms in total. The molecule has 0 spiro atoms. The smallest absolute Gasteiger partial charge is 0.341 e. The highest BCUT2D eigenvalue weighted by Gasteiger charge is 2.27. The van der Waals surface area contributed by atoms with E-state index in [4.69, 9.17) is 4.74 Å². The maximum Gasteiger partial charge on any atom is 0.341 e. The first-order valence-corrected chi connectivity index (χ1v) is 11.9. The molecule has 1 N–H and O–H groups in total. The Kier molecular flexibility index (Phi) is 7.20. The van der Waals surface area contributed by atoms with Crippen LogP contribution in [0.2, 0.25) is 0 Å². The monoisotopic (exact) mass is 459 g/mol. The van der Waals surface area contributed by atoms with Gasteiger partial charge in [-0.05, 0) is 56.5 Å². The third-order valence-corrected chi connectivity index (χ3v) is 7.28. The average molecular weight is 460 g/mol.